The molecule has 0 heterocycles. The summed E-state index contributed by atoms with van der Waals surface area (Å²) in [6, 6.07) is 4.46. The second kappa shape index (κ2) is 5.38. The lowest BCUT2D eigenvalue weighted by molar-refractivity contribution is 0.0213. The number of ether oxygens (including phenoxy) is 1. The molecule has 0 fully saturated rings. The zero-order chi connectivity index (χ0) is 13.1. The van der Waals surface area contributed by atoms with Crippen molar-refractivity contribution in [1.82, 2.24) is 5.32 Å². The summed E-state index contributed by atoms with van der Waals surface area (Å²) < 4.78 is 5.30. The first-order chi connectivity index (χ1) is 7.85. The highest BCUT2D eigenvalue weighted by molar-refractivity contribution is 5.40. The molecule has 96 valence electrons. The van der Waals surface area contributed by atoms with Gasteiger partial charge in [-0.3, -0.25) is 0 Å². The van der Waals surface area contributed by atoms with E-state index in [9.17, 15) is 10.2 Å². The number of benzene rings is 1. The van der Waals surface area contributed by atoms with Crippen molar-refractivity contribution in [3.05, 3.63) is 23.8 Å². The maximum atomic E-state index is 9.71. The third-order valence-corrected chi connectivity index (χ3v) is 2.86. The van der Waals surface area contributed by atoms with Gasteiger partial charge < -0.3 is 20.3 Å². The largest absolute Gasteiger partial charge is 0.508 e. The summed E-state index contributed by atoms with van der Waals surface area (Å²) in [5.74, 6) is 0.329. The van der Waals surface area contributed by atoms with E-state index in [-0.39, 0.29) is 23.1 Å². The first kappa shape index (κ1) is 13.8. The molecule has 0 aliphatic heterocycles. The van der Waals surface area contributed by atoms with Gasteiger partial charge in [0.25, 0.3) is 0 Å². The average Bonchev–Trinajstić information content (AvgIpc) is 2.29. The topological polar surface area (TPSA) is 61.7 Å². The molecule has 0 aliphatic carbocycles. The average molecular weight is 239 g/mol. The first-order valence-corrected chi connectivity index (χ1v) is 5.66. The molecule has 4 heteroatoms. The van der Waals surface area contributed by atoms with Crippen LogP contribution in [0.25, 0.3) is 0 Å². The van der Waals surface area contributed by atoms with Gasteiger partial charge >= 0.3 is 0 Å². The number of rotatable bonds is 5. The van der Waals surface area contributed by atoms with Gasteiger partial charge in [0.2, 0.25) is 0 Å². The lowest BCUT2D eigenvalue weighted by Gasteiger charge is -2.26. The highest BCUT2D eigenvalue weighted by atomic mass is 16.5. The number of phenols is 2. The van der Waals surface area contributed by atoms with Gasteiger partial charge in [0.15, 0.2) is 0 Å². The van der Waals surface area contributed by atoms with Crippen molar-refractivity contribution in [2.75, 3.05) is 13.7 Å². The zero-order valence-electron chi connectivity index (χ0n) is 10.8. The highest BCUT2D eigenvalue weighted by Gasteiger charge is 2.18. The lowest BCUT2D eigenvalue weighted by Crippen LogP contribution is -2.37. The van der Waals surface area contributed by atoms with Gasteiger partial charge in [-0.1, -0.05) is 0 Å². The summed E-state index contributed by atoms with van der Waals surface area (Å²) in [6.45, 7) is 6.55. The maximum Gasteiger partial charge on any atom is 0.120 e. The van der Waals surface area contributed by atoms with E-state index in [4.69, 9.17) is 4.74 Å². The van der Waals surface area contributed by atoms with Crippen LogP contribution < -0.4 is 5.32 Å². The molecule has 17 heavy (non-hydrogen) atoms. The first-order valence-electron chi connectivity index (χ1n) is 5.66. The molecular weight excluding hydrogens is 218 g/mol. The Morgan fingerprint density at radius 3 is 2.59 bits per heavy atom. The SMILES string of the molecule is COC(C)(C)CNC(C)c1cc(O)ccc1O. The van der Waals surface area contributed by atoms with Gasteiger partial charge in [0.05, 0.1) is 5.60 Å². The molecule has 0 radical (unpaired) electrons. The van der Waals surface area contributed by atoms with Gasteiger partial charge in [-0.05, 0) is 39.0 Å². The Morgan fingerprint density at radius 2 is 2.00 bits per heavy atom. The minimum atomic E-state index is -0.263. The van der Waals surface area contributed by atoms with Crippen LogP contribution in [-0.2, 0) is 4.74 Å². The Bertz CT molecular complexity index is 377. The van der Waals surface area contributed by atoms with Gasteiger partial charge in [-0.15, -0.1) is 0 Å². The number of methoxy groups -OCH3 is 1. The maximum absolute atomic E-state index is 9.71. The van der Waals surface area contributed by atoms with E-state index in [0.717, 1.165) is 0 Å². The van der Waals surface area contributed by atoms with Crippen LogP contribution in [0, 0.1) is 0 Å². The standard InChI is InChI=1S/C13H21NO3/c1-9(14-8-13(2,3)17-4)11-7-10(15)5-6-12(11)16/h5-7,9,14-16H,8H2,1-4H3. The van der Waals surface area contributed by atoms with E-state index in [0.29, 0.717) is 12.1 Å². The molecule has 1 rings (SSSR count). The fourth-order valence-electron chi connectivity index (χ4n) is 1.47. The molecule has 0 saturated heterocycles. The number of aromatic hydroxyl groups is 2. The molecule has 0 bridgehead atoms. The van der Waals surface area contributed by atoms with Crippen LogP contribution in [-0.4, -0.2) is 29.5 Å². The van der Waals surface area contributed by atoms with Crippen LogP contribution in [0.4, 0.5) is 0 Å². The van der Waals surface area contributed by atoms with E-state index < -0.39 is 0 Å². The summed E-state index contributed by atoms with van der Waals surface area (Å²) in [7, 11) is 1.66. The summed E-state index contributed by atoms with van der Waals surface area (Å²) in [4.78, 5) is 0. The normalized spacial score (nSPS) is 13.6. The molecule has 0 aromatic heterocycles. The Kier molecular flexibility index (Phi) is 4.37. The zero-order valence-corrected chi connectivity index (χ0v) is 10.8. The molecule has 0 amide bonds. The van der Waals surface area contributed by atoms with Crippen LogP contribution in [0.5, 0.6) is 11.5 Å². The molecule has 3 N–H and O–H groups in total. The lowest BCUT2D eigenvalue weighted by atomic mass is 10.0. The van der Waals surface area contributed by atoms with Crippen molar-refractivity contribution in [2.24, 2.45) is 0 Å². The quantitative estimate of drug-likeness (QED) is 0.689. The molecule has 1 aromatic carbocycles. The summed E-state index contributed by atoms with van der Waals surface area (Å²) in [6.07, 6.45) is 0. The van der Waals surface area contributed by atoms with E-state index in [1.54, 1.807) is 13.2 Å². The third-order valence-electron chi connectivity index (χ3n) is 2.86. The minimum absolute atomic E-state index is 0.0588. The van der Waals surface area contributed by atoms with Crippen LogP contribution in [0.2, 0.25) is 0 Å². The van der Waals surface area contributed by atoms with E-state index >= 15 is 0 Å². The van der Waals surface area contributed by atoms with Crippen LogP contribution in [0.3, 0.4) is 0 Å². The number of nitrogens with one attached hydrogen (secondary N) is 1. The van der Waals surface area contributed by atoms with Gasteiger partial charge in [0.1, 0.15) is 11.5 Å². The molecule has 1 unspecified atom stereocenters. The number of hydrogen-bond donors (Lipinski definition) is 3. The van der Waals surface area contributed by atoms with Crippen molar-refractivity contribution in [2.45, 2.75) is 32.4 Å². The monoisotopic (exact) mass is 239 g/mol. The molecular formula is C13H21NO3. The molecule has 0 saturated carbocycles. The smallest absolute Gasteiger partial charge is 0.120 e. The molecule has 0 aliphatic rings. The predicted octanol–water partition coefficient (Wildman–Crippen LogP) is 2.17. The van der Waals surface area contributed by atoms with Gasteiger partial charge in [0, 0.05) is 25.3 Å². The fraction of sp³-hybridized carbons (Fsp3) is 0.538. The highest BCUT2D eigenvalue weighted by Crippen LogP contribution is 2.27. The second-order valence-electron chi connectivity index (χ2n) is 4.81. The van der Waals surface area contributed by atoms with Gasteiger partial charge in [-0.25, -0.2) is 0 Å². The minimum Gasteiger partial charge on any atom is -0.508 e. The molecule has 4 nitrogen and oxygen atoms in total. The second-order valence-corrected chi connectivity index (χ2v) is 4.81. The molecule has 0 spiro atoms. The summed E-state index contributed by atoms with van der Waals surface area (Å²) >= 11 is 0. The summed E-state index contributed by atoms with van der Waals surface area (Å²) in [5.41, 5.74) is 0.414. The predicted molar refractivity (Wildman–Crippen MR) is 67.3 cm³/mol. The Balaban J connectivity index is 2.70. The Labute approximate surface area is 102 Å². The van der Waals surface area contributed by atoms with Crippen molar-refractivity contribution in [1.29, 1.82) is 0 Å². The van der Waals surface area contributed by atoms with Crippen LogP contribution in [0.15, 0.2) is 18.2 Å². The third kappa shape index (κ3) is 3.91. The number of phenolic OH excluding ortho intramolecular Hbond substituents is 2. The molecule has 1 atom stereocenters. The van der Waals surface area contributed by atoms with Gasteiger partial charge in [-0.2, -0.15) is 0 Å². The molecule has 1 aromatic rings. The van der Waals surface area contributed by atoms with Crippen LogP contribution in [0.1, 0.15) is 32.4 Å². The van der Waals surface area contributed by atoms with Crippen molar-refractivity contribution < 1.29 is 14.9 Å². The Hall–Kier alpha value is -1.26. The fourth-order valence-corrected chi connectivity index (χ4v) is 1.47. The summed E-state index contributed by atoms with van der Waals surface area (Å²) in [5, 5.41) is 22.4. The number of hydrogen-bond acceptors (Lipinski definition) is 4. The van der Waals surface area contributed by atoms with Crippen molar-refractivity contribution >= 4 is 0 Å². The van der Waals surface area contributed by atoms with E-state index in [1.165, 1.54) is 12.1 Å². The van der Waals surface area contributed by atoms with E-state index in [1.807, 2.05) is 20.8 Å². The Morgan fingerprint density at radius 1 is 1.35 bits per heavy atom. The van der Waals surface area contributed by atoms with Crippen LogP contribution >= 0.6 is 0 Å². The van der Waals surface area contributed by atoms with Crippen molar-refractivity contribution in [3.8, 4) is 11.5 Å². The van der Waals surface area contributed by atoms with E-state index in [2.05, 4.69) is 5.32 Å². The van der Waals surface area contributed by atoms with Crippen molar-refractivity contribution in [3.63, 3.8) is 0 Å².